The van der Waals surface area contributed by atoms with Gasteiger partial charge < -0.3 is 0 Å². The number of rotatable bonds is 2. The molecule has 20 heavy (non-hydrogen) atoms. The van der Waals surface area contributed by atoms with Crippen LogP contribution in [0.25, 0.3) is 10.8 Å². The van der Waals surface area contributed by atoms with Gasteiger partial charge in [0.05, 0.1) is 5.38 Å². The van der Waals surface area contributed by atoms with Crippen molar-refractivity contribution in [3.05, 3.63) is 82.9 Å². The molecule has 0 spiro atoms. The summed E-state index contributed by atoms with van der Waals surface area (Å²) in [6.07, 6.45) is 0. The number of hydrogen-bond acceptors (Lipinski definition) is 0. The maximum absolute atomic E-state index is 6.79. The number of fused-ring (bicyclic) bond motifs is 1. The van der Waals surface area contributed by atoms with Gasteiger partial charge in [0.25, 0.3) is 0 Å². The molecule has 0 saturated heterocycles. The van der Waals surface area contributed by atoms with Crippen LogP contribution in [-0.4, -0.2) is 0 Å². The molecule has 0 heterocycles. The predicted molar refractivity (Wildman–Crippen MR) is 87.6 cm³/mol. The Kier molecular flexibility index (Phi) is 3.50. The lowest BCUT2D eigenvalue weighted by atomic mass is 9.94. The van der Waals surface area contributed by atoms with Gasteiger partial charge >= 0.3 is 0 Å². The third-order valence-corrected chi connectivity index (χ3v) is 4.49. The average molecular weight is 281 g/mol. The smallest absolute Gasteiger partial charge is 0.0844 e. The van der Waals surface area contributed by atoms with Crippen LogP contribution in [0.3, 0.4) is 0 Å². The zero-order chi connectivity index (χ0) is 14.1. The summed E-state index contributed by atoms with van der Waals surface area (Å²) in [5.41, 5.74) is 4.94. The second-order valence-corrected chi connectivity index (χ2v) is 5.66. The summed E-state index contributed by atoms with van der Waals surface area (Å²) in [7, 11) is 0. The summed E-state index contributed by atoms with van der Waals surface area (Å²) < 4.78 is 0. The summed E-state index contributed by atoms with van der Waals surface area (Å²) in [6, 6.07) is 21.1. The third-order valence-electron chi connectivity index (χ3n) is 4.02. The molecule has 1 heteroatoms. The molecule has 0 bridgehead atoms. The zero-order valence-electron chi connectivity index (χ0n) is 11.7. The summed E-state index contributed by atoms with van der Waals surface area (Å²) in [5.74, 6) is 0. The van der Waals surface area contributed by atoms with Gasteiger partial charge in [0.1, 0.15) is 0 Å². The van der Waals surface area contributed by atoms with Crippen LogP contribution >= 0.6 is 11.6 Å². The number of benzene rings is 3. The lowest BCUT2D eigenvalue weighted by Crippen LogP contribution is -1.98. The number of alkyl halides is 1. The Labute approximate surface area is 125 Å². The summed E-state index contributed by atoms with van der Waals surface area (Å²) >= 11 is 6.79. The van der Waals surface area contributed by atoms with E-state index in [-0.39, 0.29) is 5.38 Å². The second kappa shape index (κ2) is 5.30. The van der Waals surface area contributed by atoms with Gasteiger partial charge in [0.2, 0.25) is 0 Å². The van der Waals surface area contributed by atoms with Crippen LogP contribution < -0.4 is 0 Å². The molecule has 0 nitrogen and oxygen atoms in total. The average Bonchev–Trinajstić information content (AvgIpc) is 2.49. The molecule has 100 valence electrons. The molecule has 3 aromatic rings. The normalized spacial score (nSPS) is 12.6. The molecule has 0 aliphatic heterocycles. The van der Waals surface area contributed by atoms with Crippen LogP contribution in [0.1, 0.15) is 27.6 Å². The van der Waals surface area contributed by atoms with Gasteiger partial charge in [-0.05, 0) is 46.9 Å². The first kappa shape index (κ1) is 13.2. The fourth-order valence-electron chi connectivity index (χ4n) is 2.69. The molecule has 0 N–H and O–H groups in total. The van der Waals surface area contributed by atoms with E-state index in [4.69, 9.17) is 11.6 Å². The predicted octanol–water partition coefficient (Wildman–Crippen LogP) is 5.78. The van der Waals surface area contributed by atoms with Gasteiger partial charge in [-0.1, -0.05) is 60.7 Å². The standard InChI is InChI=1S/C19H17Cl/c1-13-7-5-11-16(14(13)2)19(20)18-12-6-9-15-8-3-4-10-17(15)18/h3-12,19H,1-2H3. The van der Waals surface area contributed by atoms with Crippen molar-refractivity contribution in [2.24, 2.45) is 0 Å². The van der Waals surface area contributed by atoms with Crippen molar-refractivity contribution >= 4 is 22.4 Å². The van der Waals surface area contributed by atoms with E-state index < -0.39 is 0 Å². The van der Waals surface area contributed by atoms with Gasteiger partial charge in [0, 0.05) is 0 Å². The maximum atomic E-state index is 6.79. The molecule has 0 radical (unpaired) electrons. The van der Waals surface area contributed by atoms with Gasteiger partial charge in [0.15, 0.2) is 0 Å². The van der Waals surface area contributed by atoms with Gasteiger partial charge in [-0.15, -0.1) is 11.6 Å². The molecule has 3 rings (SSSR count). The molecule has 1 atom stereocenters. The first-order valence-corrected chi connectivity index (χ1v) is 7.30. The van der Waals surface area contributed by atoms with Crippen molar-refractivity contribution in [3.8, 4) is 0 Å². The first-order valence-electron chi connectivity index (χ1n) is 6.86. The fourth-order valence-corrected chi connectivity index (χ4v) is 3.11. The Balaban J connectivity index is 2.18. The van der Waals surface area contributed by atoms with Gasteiger partial charge in [-0.3, -0.25) is 0 Å². The molecular weight excluding hydrogens is 264 g/mol. The monoisotopic (exact) mass is 280 g/mol. The van der Waals surface area contributed by atoms with Crippen molar-refractivity contribution in [2.75, 3.05) is 0 Å². The van der Waals surface area contributed by atoms with Gasteiger partial charge in [-0.25, -0.2) is 0 Å². The van der Waals surface area contributed by atoms with Crippen molar-refractivity contribution < 1.29 is 0 Å². The quantitative estimate of drug-likeness (QED) is 0.522. The molecule has 0 fully saturated rings. The summed E-state index contributed by atoms with van der Waals surface area (Å²) in [6.45, 7) is 4.27. The fraction of sp³-hybridized carbons (Fsp3) is 0.158. The van der Waals surface area contributed by atoms with Crippen LogP contribution in [0, 0.1) is 13.8 Å². The number of halogens is 1. The van der Waals surface area contributed by atoms with E-state index in [2.05, 4.69) is 74.5 Å². The molecule has 0 aliphatic carbocycles. The van der Waals surface area contributed by atoms with E-state index in [0.717, 1.165) is 0 Å². The van der Waals surface area contributed by atoms with E-state index >= 15 is 0 Å². The van der Waals surface area contributed by atoms with Crippen molar-refractivity contribution in [1.29, 1.82) is 0 Å². The first-order chi connectivity index (χ1) is 9.68. The number of aryl methyl sites for hydroxylation is 1. The van der Waals surface area contributed by atoms with E-state index in [1.54, 1.807) is 0 Å². The van der Waals surface area contributed by atoms with E-state index in [9.17, 15) is 0 Å². The SMILES string of the molecule is Cc1cccc(C(Cl)c2cccc3ccccc23)c1C. The molecule has 3 aromatic carbocycles. The van der Waals surface area contributed by atoms with Crippen LogP contribution in [0.15, 0.2) is 60.7 Å². The van der Waals surface area contributed by atoms with Crippen LogP contribution in [0.4, 0.5) is 0 Å². The summed E-state index contributed by atoms with van der Waals surface area (Å²) in [4.78, 5) is 0. The Morgan fingerprint density at radius 1 is 0.750 bits per heavy atom. The van der Waals surface area contributed by atoms with E-state index in [1.165, 1.54) is 33.0 Å². The zero-order valence-corrected chi connectivity index (χ0v) is 12.5. The lowest BCUT2D eigenvalue weighted by Gasteiger charge is -2.17. The maximum Gasteiger partial charge on any atom is 0.0844 e. The summed E-state index contributed by atoms with van der Waals surface area (Å²) in [5, 5.41) is 2.36. The third kappa shape index (κ3) is 2.21. The molecule has 0 saturated carbocycles. The highest BCUT2D eigenvalue weighted by molar-refractivity contribution is 6.23. The molecule has 0 aromatic heterocycles. The Morgan fingerprint density at radius 3 is 2.25 bits per heavy atom. The molecular formula is C19H17Cl. The highest BCUT2D eigenvalue weighted by Gasteiger charge is 2.16. The topological polar surface area (TPSA) is 0 Å². The Hall–Kier alpha value is -1.79. The van der Waals surface area contributed by atoms with Crippen LogP contribution in [-0.2, 0) is 0 Å². The molecule has 1 unspecified atom stereocenters. The van der Waals surface area contributed by atoms with E-state index in [1.807, 2.05) is 0 Å². The highest BCUT2D eigenvalue weighted by Crippen LogP contribution is 2.35. The number of hydrogen-bond donors (Lipinski definition) is 0. The lowest BCUT2D eigenvalue weighted by molar-refractivity contribution is 1.11. The Bertz CT molecular complexity index is 753. The van der Waals surface area contributed by atoms with Crippen LogP contribution in [0.2, 0.25) is 0 Å². The minimum Gasteiger partial charge on any atom is -0.113 e. The second-order valence-electron chi connectivity index (χ2n) is 5.22. The van der Waals surface area contributed by atoms with Crippen molar-refractivity contribution in [2.45, 2.75) is 19.2 Å². The Morgan fingerprint density at radius 2 is 1.40 bits per heavy atom. The molecule has 0 amide bonds. The van der Waals surface area contributed by atoms with E-state index in [0.29, 0.717) is 0 Å². The minimum absolute atomic E-state index is 0.110. The van der Waals surface area contributed by atoms with Crippen molar-refractivity contribution in [3.63, 3.8) is 0 Å². The van der Waals surface area contributed by atoms with Crippen molar-refractivity contribution in [1.82, 2.24) is 0 Å². The highest BCUT2D eigenvalue weighted by atomic mass is 35.5. The largest absolute Gasteiger partial charge is 0.113 e. The minimum atomic E-state index is -0.110. The molecule has 0 aliphatic rings. The van der Waals surface area contributed by atoms with Crippen LogP contribution in [0.5, 0.6) is 0 Å². The van der Waals surface area contributed by atoms with Gasteiger partial charge in [-0.2, -0.15) is 0 Å².